The number of thiocarbonyl (C=S) groups is 1. The van der Waals surface area contributed by atoms with Crippen LogP contribution in [0.4, 0.5) is 0 Å². The van der Waals surface area contributed by atoms with E-state index < -0.39 is 0 Å². The van der Waals surface area contributed by atoms with Crippen LogP contribution in [0, 0.1) is 0 Å². The van der Waals surface area contributed by atoms with Gasteiger partial charge in [0.2, 0.25) is 0 Å². The fourth-order valence-corrected chi connectivity index (χ4v) is 2.49. The van der Waals surface area contributed by atoms with Crippen LogP contribution in [-0.4, -0.2) is 28.4 Å². The lowest BCUT2D eigenvalue weighted by Crippen LogP contribution is -2.30. The van der Waals surface area contributed by atoms with E-state index >= 15 is 0 Å². The van der Waals surface area contributed by atoms with Gasteiger partial charge >= 0.3 is 0 Å². The minimum atomic E-state index is 0.813. The van der Waals surface area contributed by atoms with E-state index in [4.69, 9.17) is 12.2 Å². The maximum absolute atomic E-state index is 5.03. The molecule has 0 unspecified atom stereocenters. The Balaban J connectivity index is 1.81. The zero-order valence-electron chi connectivity index (χ0n) is 8.91. The van der Waals surface area contributed by atoms with Crippen LogP contribution < -0.4 is 0 Å². The lowest BCUT2D eigenvalue weighted by molar-refractivity contribution is 0.245. The van der Waals surface area contributed by atoms with Crippen molar-refractivity contribution in [1.82, 2.24) is 4.90 Å². The van der Waals surface area contributed by atoms with Gasteiger partial charge in [0.25, 0.3) is 0 Å². The quantitative estimate of drug-likeness (QED) is 0.517. The average Bonchev–Trinajstić information content (AvgIpc) is 2.87. The van der Waals surface area contributed by atoms with Crippen molar-refractivity contribution in [2.24, 2.45) is 0 Å². The van der Waals surface area contributed by atoms with Crippen molar-refractivity contribution < 1.29 is 0 Å². The Morgan fingerprint density at radius 2 is 2.21 bits per heavy atom. The zero-order valence-corrected chi connectivity index (χ0v) is 9.72. The molecular formula is C12H19NS. The van der Waals surface area contributed by atoms with Gasteiger partial charge in [-0.05, 0) is 45.6 Å². The highest BCUT2D eigenvalue weighted by atomic mass is 32.1. The van der Waals surface area contributed by atoms with Gasteiger partial charge in [-0.15, -0.1) is 0 Å². The van der Waals surface area contributed by atoms with Crippen molar-refractivity contribution >= 4 is 17.1 Å². The number of hydrogen-bond donors (Lipinski definition) is 0. The maximum atomic E-state index is 5.03. The SMILES string of the molecule is CC(=S)/C=C/C[C@@H]1CCCN1C1CC1. The normalized spacial score (nSPS) is 28.8. The summed E-state index contributed by atoms with van der Waals surface area (Å²) < 4.78 is 0. The topological polar surface area (TPSA) is 3.24 Å². The van der Waals surface area contributed by atoms with E-state index in [0.717, 1.165) is 16.9 Å². The summed E-state index contributed by atoms with van der Waals surface area (Å²) in [6.45, 7) is 3.32. The molecule has 1 nitrogen and oxygen atoms in total. The first kappa shape index (κ1) is 10.3. The van der Waals surface area contributed by atoms with Crippen LogP contribution in [0.15, 0.2) is 12.2 Å². The third-order valence-corrected chi connectivity index (χ3v) is 3.34. The summed E-state index contributed by atoms with van der Waals surface area (Å²) in [7, 11) is 0. The molecule has 1 saturated heterocycles. The summed E-state index contributed by atoms with van der Waals surface area (Å²) in [5, 5.41) is 0. The van der Waals surface area contributed by atoms with E-state index in [9.17, 15) is 0 Å². The highest BCUT2D eigenvalue weighted by Crippen LogP contribution is 2.34. The molecule has 1 saturated carbocycles. The minimum absolute atomic E-state index is 0.813. The van der Waals surface area contributed by atoms with Crippen molar-refractivity contribution in [2.75, 3.05) is 6.54 Å². The molecule has 2 fully saturated rings. The summed E-state index contributed by atoms with van der Waals surface area (Å²) in [6.07, 6.45) is 11.2. The van der Waals surface area contributed by atoms with E-state index in [2.05, 4.69) is 17.1 Å². The van der Waals surface area contributed by atoms with Gasteiger partial charge in [-0.3, -0.25) is 4.90 Å². The predicted octanol–water partition coefficient (Wildman–Crippen LogP) is 2.95. The van der Waals surface area contributed by atoms with Gasteiger partial charge in [-0.1, -0.05) is 24.4 Å². The fourth-order valence-electron chi connectivity index (χ4n) is 2.39. The number of allylic oxidation sites excluding steroid dienone is 1. The van der Waals surface area contributed by atoms with Gasteiger partial charge in [0, 0.05) is 16.9 Å². The van der Waals surface area contributed by atoms with Gasteiger partial charge in [0.15, 0.2) is 0 Å². The maximum Gasteiger partial charge on any atom is 0.0133 e. The fraction of sp³-hybridized carbons (Fsp3) is 0.750. The molecule has 0 radical (unpaired) electrons. The summed E-state index contributed by atoms with van der Waals surface area (Å²) in [5.41, 5.74) is 0. The Hall–Kier alpha value is -0.210. The Morgan fingerprint density at radius 3 is 2.86 bits per heavy atom. The molecule has 78 valence electrons. The van der Waals surface area contributed by atoms with Crippen LogP contribution >= 0.6 is 12.2 Å². The molecule has 2 aliphatic rings. The molecule has 0 aromatic heterocycles. The molecule has 1 heterocycles. The van der Waals surface area contributed by atoms with E-state index in [1.165, 1.54) is 38.6 Å². The second-order valence-electron chi connectivity index (χ2n) is 4.51. The summed E-state index contributed by atoms with van der Waals surface area (Å²) in [4.78, 5) is 3.71. The molecule has 2 rings (SSSR count). The highest BCUT2D eigenvalue weighted by molar-refractivity contribution is 7.80. The highest BCUT2D eigenvalue weighted by Gasteiger charge is 2.35. The molecule has 1 atom stereocenters. The largest absolute Gasteiger partial charge is 0.297 e. The first-order chi connectivity index (χ1) is 6.77. The Labute approximate surface area is 92.2 Å². The van der Waals surface area contributed by atoms with E-state index in [-0.39, 0.29) is 0 Å². The molecule has 0 amide bonds. The van der Waals surface area contributed by atoms with Gasteiger partial charge < -0.3 is 0 Å². The smallest absolute Gasteiger partial charge is 0.0133 e. The summed E-state index contributed by atoms with van der Waals surface area (Å²) in [6, 6.07) is 1.75. The number of likely N-dealkylation sites (tertiary alicyclic amines) is 1. The van der Waals surface area contributed by atoms with Crippen LogP contribution in [0.1, 0.15) is 39.0 Å². The molecule has 1 aliphatic heterocycles. The van der Waals surface area contributed by atoms with E-state index in [1.807, 2.05) is 6.92 Å². The van der Waals surface area contributed by atoms with Gasteiger partial charge in [-0.2, -0.15) is 0 Å². The molecule has 0 aromatic rings. The van der Waals surface area contributed by atoms with Crippen molar-refractivity contribution in [1.29, 1.82) is 0 Å². The lowest BCUT2D eigenvalue weighted by Gasteiger charge is -2.22. The lowest BCUT2D eigenvalue weighted by atomic mass is 10.1. The number of nitrogens with zero attached hydrogens (tertiary/aromatic N) is 1. The van der Waals surface area contributed by atoms with Crippen LogP contribution in [0.5, 0.6) is 0 Å². The van der Waals surface area contributed by atoms with Crippen LogP contribution in [0.3, 0.4) is 0 Å². The van der Waals surface area contributed by atoms with E-state index in [1.54, 1.807) is 0 Å². The zero-order chi connectivity index (χ0) is 9.97. The van der Waals surface area contributed by atoms with Crippen molar-refractivity contribution in [3.63, 3.8) is 0 Å². The molecule has 0 bridgehead atoms. The van der Waals surface area contributed by atoms with Crippen LogP contribution in [0.25, 0.3) is 0 Å². The van der Waals surface area contributed by atoms with Gasteiger partial charge in [0.05, 0.1) is 0 Å². The second-order valence-corrected chi connectivity index (χ2v) is 5.16. The molecule has 0 aromatic carbocycles. The molecule has 0 N–H and O–H groups in total. The van der Waals surface area contributed by atoms with E-state index in [0.29, 0.717) is 0 Å². The monoisotopic (exact) mass is 209 g/mol. The third-order valence-electron chi connectivity index (χ3n) is 3.20. The molecule has 14 heavy (non-hydrogen) atoms. The van der Waals surface area contributed by atoms with Crippen LogP contribution in [-0.2, 0) is 0 Å². The molecule has 1 aliphatic carbocycles. The molecule has 2 heteroatoms. The van der Waals surface area contributed by atoms with Crippen molar-refractivity contribution in [3.05, 3.63) is 12.2 Å². The first-order valence-corrected chi connectivity index (χ1v) is 6.11. The summed E-state index contributed by atoms with van der Waals surface area (Å²) >= 11 is 5.03. The Kier molecular flexibility index (Phi) is 3.34. The minimum Gasteiger partial charge on any atom is -0.297 e. The van der Waals surface area contributed by atoms with Gasteiger partial charge in [0.1, 0.15) is 0 Å². The Morgan fingerprint density at radius 1 is 1.43 bits per heavy atom. The molecular weight excluding hydrogens is 190 g/mol. The van der Waals surface area contributed by atoms with Crippen molar-refractivity contribution in [3.8, 4) is 0 Å². The first-order valence-electron chi connectivity index (χ1n) is 5.70. The summed E-state index contributed by atoms with van der Waals surface area (Å²) in [5.74, 6) is 0. The van der Waals surface area contributed by atoms with Gasteiger partial charge in [-0.25, -0.2) is 0 Å². The number of rotatable bonds is 4. The number of hydrogen-bond acceptors (Lipinski definition) is 2. The van der Waals surface area contributed by atoms with Crippen LogP contribution in [0.2, 0.25) is 0 Å². The predicted molar refractivity (Wildman–Crippen MR) is 64.8 cm³/mol. The standard InChI is InChI=1S/C12H19NS/c1-10(14)4-2-5-11-6-3-9-13(11)12-7-8-12/h2,4,11-12H,3,5-9H2,1H3/b4-2+/t11-/m1/s1. The third kappa shape index (κ3) is 2.64. The molecule has 0 spiro atoms. The average molecular weight is 209 g/mol. The Bertz CT molecular complexity index is 243. The second kappa shape index (κ2) is 4.54. The van der Waals surface area contributed by atoms with Crippen molar-refractivity contribution in [2.45, 2.75) is 51.1 Å².